The molecule has 1 amide bonds. The second kappa shape index (κ2) is 8.20. The summed E-state index contributed by atoms with van der Waals surface area (Å²) in [7, 11) is -3.72. The number of carbonyl (C=O) groups is 1. The molecule has 2 aromatic rings. The molecule has 7 heteroatoms. The van der Waals surface area contributed by atoms with E-state index in [1.165, 1.54) is 22.5 Å². The summed E-state index contributed by atoms with van der Waals surface area (Å²) in [4.78, 5) is 12.5. The second-order valence-electron chi connectivity index (χ2n) is 6.28. The van der Waals surface area contributed by atoms with Crippen LogP contribution in [0.2, 0.25) is 5.02 Å². The van der Waals surface area contributed by atoms with Crippen LogP contribution in [0.15, 0.2) is 53.4 Å². The highest BCUT2D eigenvalue weighted by Gasteiger charge is 2.28. The zero-order valence-electron chi connectivity index (χ0n) is 14.3. The van der Waals surface area contributed by atoms with Gasteiger partial charge in [0.2, 0.25) is 10.0 Å². The number of carbonyl (C=O) groups excluding carboxylic acids is 1. The fourth-order valence-corrected chi connectivity index (χ4v) is 5.01. The minimum atomic E-state index is -3.72. The third kappa shape index (κ3) is 4.26. The summed E-state index contributed by atoms with van der Waals surface area (Å²) in [6.45, 7) is 0.970. The summed E-state index contributed by atoms with van der Waals surface area (Å²) in [5.74, 6) is -0.375. The lowest BCUT2D eigenvalue weighted by molar-refractivity contribution is 0.102. The van der Waals surface area contributed by atoms with Crippen molar-refractivity contribution in [3.8, 4) is 0 Å². The van der Waals surface area contributed by atoms with E-state index in [2.05, 4.69) is 5.32 Å². The lowest BCUT2D eigenvalue weighted by atomic mass is 10.2. The van der Waals surface area contributed by atoms with E-state index < -0.39 is 10.0 Å². The number of halogens is 1. The Morgan fingerprint density at radius 1 is 0.962 bits per heavy atom. The minimum Gasteiger partial charge on any atom is -0.322 e. The fraction of sp³-hybridized carbons (Fsp3) is 0.316. The largest absolute Gasteiger partial charge is 0.322 e. The molecule has 1 heterocycles. The molecule has 0 atom stereocenters. The molecule has 0 bridgehead atoms. The summed E-state index contributed by atoms with van der Waals surface area (Å²) >= 11 is 6.17. The second-order valence-corrected chi connectivity index (χ2v) is 8.60. The number of hydrogen-bond donors (Lipinski definition) is 1. The maximum atomic E-state index is 13.0. The van der Waals surface area contributed by atoms with Gasteiger partial charge in [-0.05, 0) is 43.2 Å². The Kier molecular flexibility index (Phi) is 5.96. The Hall–Kier alpha value is -1.89. The Morgan fingerprint density at radius 2 is 1.62 bits per heavy atom. The van der Waals surface area contributed by atoms with Crippen LogP contribution in [0, 0.1) is 0 Å². The summed E-state index contributed by atoms with van der Waals surface area (Å²) in [5.41, 5.74) is 0.899. The van der Waals surface area contributed by atoms with Crippen LogP contribution >= 0.6 is 11.6 Å². The van der Waals surface area contributed by atoms with Crippen molar-refractivity contribution in [3.05, 3.63) is 59.1 Å². The predicted octanol–water partition coefficient (Wildman–Crippen LogP) is 4.16. The molecule has 26 heavy (non-hydrogen) atoms. The lowest BCUT2D eigenvalue weighted by Crippen LogP contribution is -2.32. The average Bonchev–Trinajstić information content (AvgIpc) is 2.92. The standard InChI is InChI=1S/C19H21ClN2O3S/c20-17-11-10-15(19(23)21-16-8-4-3-5-9-16)14-18(17)26(24,25)22-12-6-1-2-7-13-22/h3-5,8-11,14H,1-2,6-7,12-13H2,(H,21,23). The van der Waals surface area contributed by atoms with Crippen molar-refractivity contribution in [1.29, 1.82) is 0 Å². The number of rotatable bonds is 4. The molecule has 5 nitrogen and oxygen atoms in total. The topological polar surface area (TPSA) is 66.5 Å². The molecule has 0 radical (unpaired) electrons. The van der Waals surface area contributed by atoms with Gasteiger partial charge < -0.3 is 5.32 Å². The van der Waals surface area contributed by atoms with Gasteiger partial charge in [0.05, 0.1) is 5.02 Å². The number of nitrogens with zero attached hydrogens (tertiary/aromatic N) is 1. The fourth-order valence-electron chi connectivity index (χ4n) is 2.99. The monoisotopic (exact) mass is 392 g/mol. The lowest BCUT2D eigenvalue weighted by Gasteiger charge is -2.21. The first-order chi connectivity index (χ1) is 12.5. The van der Waals surface area contributed by atoms with Gasteiger partial charge >= 0.3 is 0 Å². The maximum Gasteiger partial charge on any atom is 0.255 e. The summed E-state index contributed by atoms with van der Waals surface area (Å²) in [6.07, 6.45) is 3.73. The van der Waals surface area contributed by atoms with Crippen molar-refractivity contribution in [2.75, 3.05) is 18.4 Å². The summed E-state index contributed by atoms with van der Waals surface area (Å²) in [5, 5.41) is 2.89. The van der Waals surface area contributed by atoms with Crippen molar-refractivity contribution in [2.45, 2.75) is 30.6 Å². The molecule has 1 saturated heterocycles. The Balaban J connectivity index is 1.88. The average molecular weight is 393 g/mol. The molecule has 0 spiro atoms. The van der Waals surface area contributed by atoms with Gasteiger partial charge in [-0.25, -0.2) is 8.42 Å². The van der Waals surface area contributed by atoms with Crippen LogP contribution in [0.5, 0.6) is 0 Å². The van der Waals surface area contributed by atoms with Gasteiger partial charge in [0.25, 0.3) is 5.91 Å². The van der Waals surface area contributed by atoms with Crippen molar-refractivity contribution >= 4 is 33.2 Å². The van der Waals surface area contributed by atoms with Crippen molar-refractivity contribution in [2.24, 2.45) is 0 Å². The van der Waals surface area contributed by atoms with Crippen LogP contribution in [0.4, 0.5) is 5.69 Å². The van der Waals surface area contributed by atoms with Crippen LogP contribution in [-0.4, -0.2) is 31.7 Å². The molecule has 3 rings (SSSR count). The quantitative estimate of drug-likeness (QED) is 0.849. The molecule has 1 N–H and O–H groups in total. The first-order valence-electron chi connectivity index (χ1n) is 8.64. The zero-order chi connectivity index (χ0) is 18.6. The first kappa shape index (κ1) is 18.9. The van der Waals surface area contributed by atoms with Crippen molar-refractivity contribution in [1.82, 2.24) is 4.31 Å². The van der Waals surface area contributed by atoms with Crippen LogP contribution in [0.25, 0.3) is 0 Å². The van der Waals surface area contributed by atoms with Crippen LogP contribution in [0.1, 0.15) is 36.0 Å². The SMILES string of the molecule is O=C(Nc1ccccc1)c1ccc(Cl)c(S(=O)(=O)N2CCCCCC2)c1. The van der Waals surface area contributed by atoms with Crippen LogP contribution in [-0.2, 0) is 10.0 Å². The number of hydrogen-bond acceptors (Lipinski definition) is 3. The van der Waals surface area contributed by atoms with Gasteiger partial charge in [-0.1, -0.05) is 42.6 Å². The van der Waals surface area contributed by atoms with Gasteiger partial charge in [0.15, 0.2) is 0 Å². The Bertz CT molecular complexity index is 877. The Morgan fingerprint density at radius 3 is 2.27 bits per heavy atom. The van der Waals surface area contributed by atoms with Crippen molar-refractivity contribution < 1.29 is 13.2 Å². The van der Waals surface area contributed by atoms with Gasteiger partial charge in [-0.2, -0.15) is 4.31 Å². The molecule has 0 aliphatic carbocycles. The molecule has 0 unspecified atom stereocenters. The maximum absolute atomic E-state index is 13.0. The number of para-hydroxylation sites is 1. The van der Waals surface area contributed by atoms with Crippen LogP contribution < -0.4 is 5.32 Å². The van der Waals surface area contributed by atoms with E-state index in [1.54, 1.807) is 12.1 Å². The van der Waals surface area contributed by atoms with E-state index in [1.807, 2.05) is 18.2 Å². The smallest absolute Gasteiger partial charge is 0.255 e. The number of benzene rings is 2. The van der Waals surface area contributed by atoms with E-state index in [9.17, 15) is 13.2 Å². The molecule has 0 saturated carbocycles. The predicted molar refractivity (Wildman–Crippen MR) is 103 cm³/mol. The van der Waals surface area contributed by atoms with E-state index in [0.29, 0.717) is 18.8 Å². The number of amides is 1. The van der Waals surface area contributed by atoms with Gasteiger partial charge in [-0.3, -0.25) is 4.79 Å². The normalized spacial score (nSPS) is 16.0. The first-order valence-corrected chi connectivity index (χ1v) is 10.5. The summed E-state index contributed by atoms with van der Waals surface area (Å²) in [6, 6.07) is 13.4. The molecule has 0 aromatic heterocycles. The van der Waals surface area contributed by atoms with Crippen molar-refractivity contribution in [3.63, 3.8) is 0 Å². The van der Waals surface area contributed by atoms with E-state index >= 15 is 0 Å². The number of nitrogens with one attached hydrogen (secondary N) is 1. The van der Waals surface area contributed by atoms with Crippen LogP contribution in [0.3, 0.4) is 0 Å². The minimum absolute atomic E-state index is 0.0122. The molecular formula is C19H21ClN2O3S. The third-order valence-corrected chi connectivity index (χ3v) is 6.79. The summed E-state index contributed by atoms with van der Waals surface area (Å²) < 4.78 is 27.5. The van der Waals surface area contributed by atoms with E-state index in [4.69, 9.17) is 11.6 Å². The third-order valence-electron chi connectivity index (χ3n) is 4.41. The Labute approximate surface area is 159 Å². The number of anilines is 1. The highest BCUT2D eigenvalue weighted by Crippen LogP contribution is 2.28. The van der Waals surface area contributed by atoms with Gasteiger partial charge in [0, 0.05) is 24.3 Å². The molecule has 1 aliphatic rings. The number of sulfonamides is 1. The van der Waals surface area contributed by atoms with E-state index in [-0.39, 0.29) is 21.4 Å². The highest BCUT2D eigenvalue weighted by atomic mass is 35.5. The molecule has 1 fully saturated rings. The zero-order valence-corrected chi connectivity index (χ0v) is 15.9. The van der Waals surface area contributed by atoms with Gasteiger partial charge in [0.1, 0.15) is 4.90 Å². The molecule has 2 aromatic carbocycles. The molecular weight excluding hydrogens is 372 g/mol. The van der Waals surface area contributed by atoms with Gasteiger partial charge in [-0.15, -0.1) is 0 Å². The molecule has 138 valence electrons. The molecule has 1 aliphatic heterocycles. The van der Waals surface area contributed by atoms with E-state index in [0.717, 1.165) is 25.7 Å². The highest BCUT2D eigenvalue weighted by molar-refractivity contribution is 7.89.